The second-order valence-electron chi connectivity index (χ2n) is 2.86. The largest absolute Gasteiger partial charge is 0.524 e. The van der Waals surface area contributed by atoms with E-state index in [0.29, 0.717) is 12.2 Å². The number of rotatable bonds is 2. The first-order valence-corrected chi connectivity index (χ1v) is 4.77. The Morgan fingerprint density at radius 1 is 0.600 bits per heavy atom. The fourth-order valence-electron chi connectivity index (χ4n) is 0.645. The summed E-state index contributed by atoms with van der Waals surface area (Å²) >= 11 is 0. The van der Waals surface area contributed by atoms with Crippen molar-refractivity contribution in [3.63, 3.8) is 0 Å². The molecule has 0 atom stereocenters. The van der Waals surface area contributed by atoms with Gasteiger partial charge in [-0.15, -0.1) is 0 Å². The molecule has 0 saturated carbocycles. The van der Waals surface area contributed by atoms with Crippen molar-refractivity contribution in [2.75, 3.05) is 0 Å². The molecule has 0 saturated heterocycles. The Balaban J connectivity index is 4.21. The van der Waals surface area contributed by atoms with Gasteiger partial charge in [0.1, 0.15) is 0 Å². The minimum atomic E-state index is -1.59. The molecule has 0 unspecified atom stereocenters. The number of hydrogen-bond acceptors (Lipinski definition) is 10. The van der Waals surface area contributed by atoms with Crippen LogP contribution < -0.4 is 0 Å². The molecule has 20 heavy (non-hydrogen) atoms. The molecule has 0 radical (unpaired) electrons. The van der Waals surface area contributed by atoms with E-state index >= 15 is 0 Å². The lowest BCUT2D eigenvalue weighted by Gasteiger charge is -1.98. The van der Waals surface area contributed by atoms with Crippen LogP contribution in [0, 0.1) is 0 Å². The minimum absolute atomic E-state index is 0.421. The van der Waals surface area contributed by atoms with Crippen molar-refractivity contribution >= 4 is 36.2 Å². The Kier molecular flexibility index (Phi) is 6.89. The van der Waals surface area contributed by atoms with Crippen molar-refractivity contribution in [3.05, 3.63) is 12.2 Å². The van der Waals surface area contributed by atoms with E-state index in [4.69, 9.17) is 0 Å². The van der Waals surface area contributed by atoms with E-state index in [1.165, 1.54) is 0 Å². The van der Waals surface area contributed by atoms with Crippen LogP contribution in [0.5, 0.6) is 0 Å². The molecule has 0 aliphatic rings. The fourth-order valence-corrected chi connectivity index (χ4v) is 0.645. The van der Waals surface area contributed by atoms with Gasteiger partial charge in [0.25, 0.3) is 0 Å². The molecule has 0 aromatic carbocycles. The fraction of sp³-hybridized carbons (Fsp3) is 0.200. The van der Waals surface area contributed by atoms with Gasteiger partial charge >= 0.3 is 36.2 Å². The van der Waals surface area contributed by atoms with E-state index < -0.39 is 36.2 Å². The average Bonchev–Trinajstić information content (AvgIpc) is 2.23. The summed E-state index contributed by atoms with van der Waals surface area (Å²) in [6, 6.07) is 0. The van der Waals surface area contributed by atoms with Crippen molar-refractivity contribution in [2.24, 2.45) is 0 Å². The molecule has 10 heteroatoms. The summed E-state index contributed by atoms with van der Waals surface area (Å²) in [5.74, 6) is -4.71. The minimum Gasteiger partial charge on any atom is -0.360 e. The lowest BCUT2D eigenvalue weighted by molar-refractivity contribution is -0.145. The Morgan fingerprint density at radius 2 is 0.900 bits per heavy atom. The number of esters is 4. The quantitative estimate of drug-likeness (QED) is 0.387. The molecular formula is C10H8O10. The molecular weight excluding hydrogens is 280 g/mol. The molecule has 108 valence electrons. The Hall–Kier alpha value is -3.04. The zero-order valence-corrected chi connectivity index (χ0v) is 10.2. The summed E-state index contributed by atoms with van der Waals surface area (Å²) in [7, 11) is 0. The van der Waals surface area contributed by atoms with Gasteiger partial charge < -0.3 is 18.9 Å². The van der Waals surface area contributed by atoms with Crippen molar-refractivity contribution in [1.82, 2.24) is 0 Å². The lowest BCUT2D eigenvalue weighted by Crippen LogP contribution is -2.16. The van der Waals surface area contributed by atoms with Crippen molar-refractivity contribution in [1.29, 1.82) is 0 Å². The van der Waals surface area contributed by atoms with E-state index in [-0.39, 0.29) is 0 Å². The molecule has 0 N–H and O–H groups in total. The van der Waals surface area contributed by atoms with E-state index in [1.54, 1.807) is 0 Å². The normalized spacial score (nSPS) is 9.50. The first-order valence-electron chi connectivity index (χ1n) is 4.77. The molecule has 0 heterocycles. The van der Waals surface area contributed by atoms with Gasteiger partial charge in [-0.25, -0.2) is 19.2 Å². The average molecular weight is 288 g/mol. The van der Waals surface area contributed by atoms with Crippen LogP contribution >= 0.6 is 0 Å². The smallest absolute Gasteiger partial charge is 0.360 e. The van der Waals surface area contributed by atoms with Gasteiger partial charge in [-0.3, -0.25) is 9.59 Å². The Morgan fingerprint density at radius 3 is 1.15 bits per heavy atom. The molecule has 0 amide bonds. The van der Waals surface area contributed by atoms with Gasteiger partial charge in [0, 0.05) is 26.0 Å². The summed E-state index contributed by atoms with van der Waals surface area (Å²) < 4.78 is 15.5. The predicted molar refractivity (Wildman–Crippen MR) is 55.6 cm³/mol. The van der Waals surface area contributed by atoms with Gasteiger partial charge in [-0.2, -0.15) is 0 Å². The number of hydrogen-bond donors (Lipinski definition) is 0. The molecule has 0 aliphatic carbocycles. The topological polar surface area (TPSA) is 139 Å². The molecule has 0 rings (SSSR count). The molecule has 0 bridgehead atoms. The van der Waals surface area contributed by atoms with E-state index in [9.17, 15) is 28.8 Å². The highest BCUT2D eigenvalue weighted by atomic mass is 16.8. The van der Waals surface area contributed by atoms with Crippen LogP contribution in [0.15, 0.2) is 12.2 Å². The van der Waals surface area contributed by atoms with Crippen LogP contribution in [-0.4, -0.2) is 36.2 Å². The maximum absolute atomic E-state index is 10.9. The second kappa shape index (κ2) is 8.13. The van der Waals surface area contributed by atoms with Gasteiger partial charge in [0.05, 0.1) is 0 Å². The van der Waals surface area contributed by atoms with Crippen LogP contribution in [0.1, 0.15) is 13.8 Å². The monoisotopic (exact) mass is 288 g/mol. The molecule has 0 aromatic heterocycles. The van der Waals surface area contributed by atoms with Crippen LogP contribution in [-0.2, 0) is 38.1 Å². The van der Waals surface area contributed by atoms with Crippen LogP contribution in [0.3, 0.4) is 0 Å². The number of ether oxygens (including phenoxy) is 4. The molecule has 10 nitrogen and oxygen atoms in total. The summed E-state index contributed by atoms with van der Waals surface area (Å²) in [6.45, 7) is 1.80. The third-order valence-corrected chi connectivity index (χ3v) is 1.18. The highest BCUT2D eigenvalue weighted by Crippen LogP contribution is 1.92. The zero-order chi connectivity index (χ0) is 15.7. The van der Waals surface area contributed by atoms with E-state index in [2.05, 4.69) is 18.9 Å². The molecule has 0 aromatic rings. The van der Waals surface area contributed by atoms with Gasteiger partial charge in [-0.05, 0) is 0 Å². The van der Waals surface area contributed by atoms with Crippen molar-refractivity contribution in [3.8, 4) is 0 Å². The predicted octanol–water partition coefficient (Wildman–Crippen LogP) is -0.00480. The number of carbonyl (C=O) groups excluding carboxylic acids is 6. The van der Waals surface area contributed by atoms with Crippen LogP contribution in [0.4, 0.5) is 9.59 Å². The Bertz CT molecular complexity index is 442. The van der Waals surface area contributed by atoms with Crippen LogP contribution in [0.25, 0.3) is 0 Å². The third-order valence-electron chi connectivity index (χ3n) is 1.18. The highest BCUT2D eigenvalue weighted by Gasteiger charge is 2.14. The maximum atomic E-state index is 10.9. The van der Waals surface area contributed by atoms with Crippen molar-refractivity contribution in [2.45, 2.75) is 13.8 Å². The lowest BCUT2D eigenvalue weighted by atomic mass is 10.5. The SMILES string of the molecule is CC(=O)OC(=O)OC(=O)/C=C\C(=O)OC(=O)OC(C)=O. The molecule has 0 spiro atoms. The van der Waals surface area contributed by atoms with Gasteiger partial charge in [0.2, 0.25) is 0 Å². The maximum Gasteiger partial charge on any atom is 0.524 e. The van der Waals surface area contributed by atoms with Crippen molar-refractivity contribution < 1.29 is 47.7 Å². The molecule has 0 fully saturated rings. The molecule has 0 aliphatic heterocycles. The second-order valence-corrected chi connectivity index (χ2v) is 2.86. The Labute approximate surface area is 111 Å². The summed E-state index contributed by atoms with van der Waals surface area (Å²) in [5.41, 5.74) is 0. The summed E-state index contributed by atoms with van der Waals surface area (Å²) in [5, 5.41) is 0. The summed E-state index contributed by atoms with van der Waals surface area (Å²) in [4.78, 5) is 63.7. The van der Waals surface area contributed by atoms with E-state index in [1.807, 2.05) is 0 Å². The van der Waals surface area contributed by atoms with Gasteiger partial charge in [-0.1, -0.05) is 0 Å². The zero-order valence-electron chi connectivity index (χ0n) is 10.2. The standard InChI is InChI=1S/C10H8O10/c1-5(11)17-9(15)19-7(13)3-4-8(14)20-10(16)18-6(2)12/h3-4H,1-2H3/b4-3-. The van der Waals surface area contributed by atoms with Gasteiger partial charge in [0.15, 0.2) is 0 Å². The first-order chi connectivity index (χ1) is 9.20. The first kappa shape index (κ1) is 17.0. The van der Waals surface area contributed by atoms with Crippen LogP contribution in [0.2, 0.25) is 0 Å². The highest BCUT2D eigenvalue weighted by molar-refractivity contribution is 5.99. The number of carbonyl (C=O) groups is 6. The van der Waals surface area contributed by atoms with E-state index in [0.717, 1.165) is 13.8 Å². The summed E-state index contributed by atoms with van der Waals surface area (Å²) in [6.07, 6.45) is -2.33. The third kappa shape index (κ3) is 9.04.